The Morgan fingerprint density at radius 1 is 1.16 bits per heavy atom. The molecule has 1 amide bonds. The van der Waals surface area contributed by atoms with Crippen LogP contribution in [0.1, 0.15) is 22.8 Å². The number of hydrazone groups is 1. The van der Waals surface area contributed by atoms with Gasteiger partial charge in [-0.25, -0.2) is 10.2 Å². The molecule has 0 aliphatic rings. The van der Waals surface area contributed by atoms with Crippen molar-refractivity contribution < 1.29 is 28.9 Å². The fourth-order valence-electron chi connectivity index (χ4n) is 2.92. The second kappa shape index (κ2) is 10.5. The number of methoxy groups -OCH3 is 1. The Labute approximate surface area is 189 Å². The highest BCUT2D eigenvalue weighted by molar-refractivity contribution is 6.32. The lowest BCUT2D eigenvalue weighted by atomic mass is 10.1. The van der Waals surface area contributed by atoms with Crippen molar-refractivity contribution in [1.29, 1.82) is 0 Å². The third-order valence-electron chi connectivity index (χ3n) is 4.38. The summed E-state index contributed by atoms with van der Waals surface area (Å²) in [7, 11) is 1.42. The number of nitrogens with one attached hydrogen (secondary N) is 1. The zero-order valence-electron chi connectivity index (χ0n) is 17.4. The van der Waals surface area contributed by atoms with E-state index in [2.05, 4.69) is 10.5 Å². The van der Waals surface area contributed by atoms with Crippen molar-refractivity contribution in [3.8, 4) is 17.2 Å². The Bertz CT molecular complexity index is 1180. The number of hydrogen-bond acceptors (Lipinski definition) is 7. The summed E-state index contributed by atoms with van der Waals surface area (Å²) in [4.78, 5) is 23.9. The molecule has 0 saturated carbocycles. The van der Waals surface area contributed by atoms with E-state index in [1.165, 1.54) is 25.5 Å². The molecule has 3 rings (SSSR count). The molecule has 8 nitrogen and oxygen atoms in total. The average molecular weight is 457 g/mol. The number of carbonyl (C=O) groups excluding carboxylic acids is 2. The molecule has 3 aromatic rings. The lowest BCUT2D eigenvalue weighted by Crippen LogP contribution is -2.17. The van der Waals surface area contributed by atoms with Gasteiger partial charge in [0.1, 0.15) is 5.75 Å². The monoisotopic (exact) mass is 456 g/mol. The molecule has 0 saturated heterocycles. The molecule has 0 aliphatic carbocycles. The summed E-state index contributed by atoms with van der Waals surface area (Å²) < 4.78 is 15.5. The Morgan fingerprint density at radius 2 is 1.88 bits per heavy atom. The molecule has 0 aliphatic heterocycles. The van der Waals surface area contributed by atoms with E-state index in [1.54, 1.807) is 19.1 Å². The first kappa shape index (κ1) is 22.9. The van der Waals surface area contributed by atoms with Gasteiger partial charge in [0, 0.05) is 0 Å². The standard InChI is InChI=1S/C23H21ClN2O6/c1-3-31-21(28)13-32-22-18(24)8-14(9-20(22)30-2)12-25-26-23(29)17-10-15-6-4-5-7-16(15)11-19(17)27/h4-12,27H,3,13H2,1-2H3,(H,26,29). The highest BCUT2D eigenvalue weighted by atomic mass is 35.5. The van der Waals surface area contributed by atoms with Crippen molar-refractivity contribution in [3.63, 3.8) is 0 Å². The van der Waals surface area contributed by atoms with Crippen LogP contribution in [-0.2, 0) is 9.53 Å². The first-order valence-corrected chi connectivity index (χ1v) is 10.0. The van der Waals surface area contributed by atoms with Gasteiger partial charge in [0.25, 0.3) is 5.91 Å². The number of nitrogens with zero attached hydrogens (tertiary/aromatic N) is 1. The number of phenols is 1. The summed E-state index contributed by atoms with van der Waals surface area (Å²) in [6.45, 7) is 1.62. The van der Waals surface area contributed by atoms with Gasteiger partial charge in [-0.05, 0) is 47.5 Å². The molecular weight excluding hydrogens is 436 g/mol. The van der Waals surface area contributed by atoms with E-state index in [4.69, 9.17) is 25.8 Å². The minimum Gasteiger partial charge on any atom is -0.507 e. The van der Waals surface area contributed by atoms with Crippen LogP contribution in [0.2, 0.25) is 5.02 Å². The van der Waals surface area contributed by atoms with Gasteiger partial charge in [0.05, 0.1) is 30.5 Å². The molecule has 9 heteroatoms. The summed E-state index contributed by atoms with van der Waals surface area (Å²) in [6.07, 6.45) is 1.36. The number of benzene rings is 3. The van der Waals surface area contributed by atoms with Crippen LogP contribution in [0.5, 0.6) is 17.2 Å². The SMILES string of the molecule is CCOC(=O)COc1c(Cl)cc(C=NNC(=O)c2cc3ccccc3cc2O)cc1OC. The maximum atomic E-state index is 12.4. The largest absolute Gasteiger partial charge is 0.507 e. The number of aromatic hydroxyl groups is 1. The first-order valence-electron chi connectivity index (χ1n) is 9.64. The number of esters is 1. The van der Waals surface area contributed by atoms with Gasteiger partial charge in [0.2, 0.25) is 0 Å². The molecule has 0 heterocycles. The van der Waals surface area contributed by atoms with Crippen LogP contribution in [0.25, 0.3) is 10.8 Å². The number of phenolic OH excluding ortho intramolecular Hbond substituents is 1. The number of ether oxygens (including phenoxy) is 3. The number of rotatable bonds is 8. The number of carbonyl (C=O) groups is 2. The van der Waals surface area contributed by atoms with Crippen LogP contribution in [0.3, 0.4) is 0 Å². The predicted molar refractivity (Wildman–Crippen MR) is 121 cm³/mol. The number of halogens is 1. The number of hydrogen-bond donors (Lipinski definition) is 2. The van der Waals surface area contributed by atoms with Gasteiger partial charge in [-0.2, -0.15) is 5.10 Å². The summed E-state index contributed by atoms with van der Waals surface area (Å²) >= 11 is 6.25. The Hall–Kier alpha value is -3.78. The summed E-state index contributed by atoms with van der Waals surface area (Å²) in [6, 6.07) is 13.6. The van der Waals surface area contributed by atoms with Crippen LogP contribution in [0.4, 0.5) is 0 Å². The molecule has 3 aromatic carbocycles. The van der Waals surface area contributed by atoms with Gasteiger partial charge in [-0.1, -0.05) is 35.9 Å². The maximum absolute atomic E-state index is 12.4. The molecule has 2 N–H and O–H groups in total. The fourth-order valence-corrected chi connectivity index (χ4v) is 3.20. The third kappa shape index (κ3) is 5.47. The highest BCUT2D eigenvalue weighted by Gasteiger charge is 2.15. The summed E-state index contributed by atoms with van der Waals surface area (Å²) in [5, 5.41) is 15.9. The lowest BCUT2D eigenvalue weighted by molar-refractivity contribution is -0.145. The highest BCUT2D eigenvalue weighted by Crippen LogP contribution is 2.36. The quantitative estimate of drug-likeness (QED) is 0.302. The maximum Gasteiger partial charge on any atom is 0.344 e. The molecule has 32 heavy (non-hydrogen) atoms. The molecule has 0 atom stereocenters. The van der Waals surface area contributed by atoms with Crippen LogP contribution in [0.15, 0.2) is 53.6 Å². The van der Waals surface area contributed by atoms with Crippen LogP contribution >= 0.6 is 11.6 Å². The fraction of sp³-hybridized carbons (Fsp3) is 0.174. The second-order valence-corrected chi connectivity index (χ2v) is 6.95. The average Bonchev–Trinajstić information content (AvgIpc) is 2.77. The molecule has 0 spiro atoms. The number of fused-ring (bicyclic) bond motifs is 1. The minimum absolute atomic E-state index is 0.0965. The van der Waals surface area contributed by atoms with E-state index in [0.29, 0.717) is 5.56 Å². The van der Waals surface area contributed by atoms with E-state index in [9.17, 15) is 14.7 Å². The topological polar surface area (TPSA) is 106 Å². The van der Waals surface area contributed by atoms with Gasteiger partial charge in [-0.3, -0.25) is 4.79 Å². The molecule has 166 valence electrons. The van der Waals surface area contributed by atoms with Crippen LogP contribution in [-0.4, -0.2) is 43.5 Å². The van der Waals surface area contributed by atoms with E-state index in [-0.39, 0.29) is 41.0 Å². The van der Waals surface area contributed by atoms with Gasteiger partial charge >= 0.3 is 5.97 Å². The Kier molecular flexibility index (Phi) is 7.51. The molecule has 0 radical (unpaired) electrons. The molecule has 0 unspecified atom stereocenters. The minimum atomic E-state index is -0.572. The van der Waals surface area contributed by atoms with Gasteiger partial charge < -0.3 is 19.3 Å². The van der Waals surface area contributed by atoms with E-state index in [0.717, 1.165) is 10.8 Å². The normalized spacial score (nSPS) is 10.8. The molecule has 0 bridgehead atoms. The predicted octanol–water partition coefficient (Wildman–Crippen LogP) is 3.91. The molecule has 0 aromatic heterocycles. The Morgan fingerprint density at radius 3 is 2.56 bits per heavy atom. The van der Waals surface area contributed by atoms with Crippen molar-refractivity contribution in [3.05, 3.63) is 64.7 Å². The molecular formula is C23H21ClN2O6. The van der Waals surface area contributed by atoms with Gasteiger partial charge in [-0.15, -0.1) is 0 Å². The Balaban J connectivity index is 1.72. The van der Waals surface area contributed by atoms with E-state index >= 15 is 0 Å². The van der Waals surface area contributed by atoms with E-state index in [1.807, 2.05) is 24.3 Å². The van der Waals surface area contributed by atoms with Crippen molar-refractivity contribution in [2.24, 2.45) is 5.10 Å². The zero-order valence-corrected chi connectivity index (χ0v) is 18.2. The van der Waals surface area contributed by atoms with Gasteiger partial charge in [0.15, 0.2) is 18.1 Å². The zero-order chi connectivity index (χ0) is 23.1. The lowest BCUT2D eigenvalue weighted by Gasteiger charge is -2.12. The van der Waals surface area contributed by atoms with Crippen molar-refractivity contribution >= 4 is 40.5 Å². The summed E-state index contributed by atoms with van der Waals surface area (Å²) in [5.74, 6) is -0.789. The summed E-state index contributed by atoms with van der Waals surface area (Å²) in [5.41, 5.74) is 2.98. The van der Waals surface area contributed by atoms with Crippen molar-refractivity contribution in [2.75, 3.05) is 20.3 Å². The third-order valence-corrected chi connectivity index (χ3v) is 4.66. The van der Waals surface area contributed by atoms with Crippen LogP contribution in [0, 0.1) is 0 Å². The van der Waals surface area contributed by atoms with Crippen molar-refractivity contribution in [1.82, 2.24) is 5.43 Å². The second-order valence-electron chi connectivity index (χ2n) is 6.54. The first-order chi connectivity index (χ1) is 15.4. The van der Waals surface area contributed by atoms with Crippen LogP contribution < -0.4 is 14.9 Å². The smallest absolute Gasteiger partial charge is 0.344 e. The van der Waals surface area contributed by atoms with Crippen molar-refractivity contribution in [2.45, 2.75) is 6.92 Å². The number of amides is 1. The molecule has 0 fully saturated rings. The van der Waals surface area contributed by atoms with E-state index < -0.39 is 11.9 Å².